The molecule has 0 unspecified atom stereocenters. The van der Waals surface area contributed by atoms with Crippen LogP contribution in [0.1, 0.15) is 11.1 Å². The van der Waals surface area contributed by atoms with Crippen LogP contribution in [0.15, 0.2) is 30.6 Å². The molecule has 1 N–H and O–H groups in total. The van der Waals surface area contributed by atoms with Crippen LogP contribution in [-0.4, -0.2) is 12.1 Å². The predicted molar refractivity (Wildman–Crippen MR) is 62.2 cm³/mol. The molecule has 0 atom stereocenters. The van der Waals surface area contributed by atoms with Crippen LogP contribution in [0.3, 0.4) is 0 Å². The van der Waals surface area contributed by atoms with E-state index in [2.05, 4.69) is 11.1 Å². The van der Waals surface area contributed by atoms with Crippen LogP contribution in [0, 0.1) is 18.3 Å². The molecule has 16 heavy (non-hydrogen) atoms. The highest BCUT2D eigenvalue weighted by Gasteiger charge is 2.11. The lowest BCUT2D eigenvalue weighted by molar-refractivity contribution is 0.416. The first-order chi connectivity index (χ1) is 7.76. The van der Waals surface area contributed by atoms with E-state index in [0.29, 0.717) is 5.56 Å². The van der Waals surface area contributed by atoms with Crippen LogP contribution in [0.2, 0.25) is 0 Å². The number of rotatable bonds is 2. The van der Waals surface area contributed by atoms with Gasteiger partial charge >= 0.3 is 0 Å². The van der Waals surface area contributed by atoms with Gasteiger partial charge in [-0.2, -0.15) is 5.26 Å². The van der Waals surface area contributed by atoms with Gasteiger partial charge in [-0.05, 0) is 19.1 Å². The Bertz CT molecular complexity index is 549. The third-order valence-corrected chi connectivity index (χ3v) is 2.51. The first kappa shape index (κ1) is 10.3. The lowest BCUT2D eigenvalue weighted by Crippen LogP contribution is -1.89. The van der Waals surface area contributed by atoms with E-state index in [0.717, 1.165) is 22.4 Å². The number of nitriles is 1. The molecule has 1 heterocycles. The Labute approximate surface area is 94.3 Å². The molecule has 0 aliphatic carbocycles. The minimum atomic E-state index is 0.629. The van der Waals surface area contributed by atoms with Crippen molar-refractivity contribution in [1.29, 1.82) is 5.26 Å². The molecule has 3 nitrogen and oxygen atoms in total. The van der Waals surface area contributed by atoms with E-state index in [-0.39, 0.29) is 0 Å². The number of aromatic amines is 1. The minimum Gasteiger partial charge on any atom is -0.496 e. The Morgan fingerprint density at radius 2 is 2.06 bits per heavy atom. The van der Waals surface area contributed by atoms with Crippen LogP contribution < -0.4 is 4.74 Å². The van der Waals surface area contributed by atoms with Gasteiger partial charge < -0.3 is 9.72 Å². The molecule has 0 aliphatic rings. The Balaban J connectivity index is 2.63. The predicted octanol–water partition coefficient (Wildman–Crippen LogP) is 2.87. The van der Waals surface area contributed by atoms with E-state index >= 15 is 0 Å². The fraction of sp³-hybridized carbons (Fsp3) is 0.154. The zero-order valence-corrected chi connectivity index (χ0v) is 9.24. The van der Waals surface area contributed by atoms with Crippen molar-refractivity contribution >= 4 is 0 Å². The van der Waals surface area contributed by atoms with E-state index in [1.807, 2.05) is 31.3 Å². The van der Waals surface area contributed by atoms with E-state index < -0.39 is 0 Å². The summed E-state index contributed by atoms with van der Waals surface area (Å²) in [5, 5.41) is 8.99. The van der Waals surface area contributed by atoms with E-state index in [4.69, 9.17) is 10.00 Å². The molecule has 80 valence electrons. The molecule has 0 bridgehead atoms. The highest BCUT2D eigenvalue weighted by molar-refractivity contribution is 5.75. The van der Waals surface area contributed by atoms with Crippen molar-refractivity contribution < 1.29 is 4.74 Å². The second-order valence-electron chi connectivity index (χ2n) is 3.60. The maximum Gasteiger partial charge on any atom is 0.126 e. The largest absolute Gasteiger partial charge is 0.496 e. The van der Waals surface area contributed by atoms with Gasteiger partial charge in [0.1, 0.15) is 11.8 Å². The smallest absolute Gasteiger partial charge is 0.126 e. The second kappa shape index (κ2) is 4.11. The quantitative estimate of drug-likeness (QED) is 0.832. The summed E-state index contributed by atoms with van der Waals surface area (Å²) < 4.78 is 5.30. The zero-order valence-electron chi connectivity index (χ0n) is 9.24. The molecule has 0 amide bonds. The number of aromatic nitrogens is 1. The van der Waals surface area contributed by atoms with Gasteiger partial charge in [-0.25, -0.2) is 0 Å². The molecular weight excluding hydrogens is 200 g/mol. The van der Waals surface area contributed by atoms with E-state index in [9.17, 15) is 0 Å². The number of hydrogen-bond donors (Lipinski definition) is 1. The zero-order chi connectivity index (χ0) is 11.5. The number of ether oxygens (including phenoxy) is 1. The van der Waals surface area contributed by atoms with Crippen molar-refractivity contribution in [2.24, 2.45) is 0 Å². The van der Waals surface area contributed by atoms with Crippen molar-refractivity contribution in [2.45, 2.75) is 6.92 Å². The monoisotopic (exact) mass is 212 g/mol. The number of nitrogens with zero attached hydrogens (tertiary/aromatic N) is 1. The van der Waals surface area contributed by atoms with Crippen molar-refractivity contribution in [3.05, 3.63) is 41.7 Å². The highest BCUT2D eigenvalue weighted by atomic mass is 16.5. The summed E-state index contributed by atoms with van der Waals surface area (Å²) in [4.78, 5) is 2.94. The minimum absolute atomic E-state index is 0.629. The Morgan fingerprint density at radius 1 is 1.25 bits per heavy atom. The Morgan fingerprint density at radius 3 is 2.75 bits per heavy atom. The molecule has 0 fully saturated rings. The summed E-state index contributed by atoms with van der Waals surface area (Å²) in [5.41, 5.74) is 3.59. The summed E-state index contributed by atoms with van der Waals surface area (Å²) in [6, 6.07) is 8.08. The topological polar surface area (TPSA) is 48.8 Å². The van der Waals surface area contributed by atoms with E-state index in [1.165, 1.54) is 0 Å². The van der Waals surface area contributed by atoms with Gasteiger partial charge in [0.25, 0.3) is 0 Å². The fourth-order valence-corrected chi connectivity index (χ4v) is 1.71. The van der Waals surface area contributed by atoms with Crippen LogP contribution in [0.5, 0.6) is 5.75 Å². The molecule has 0 radical (unpaired) electrons. The number of benzene rings is 1. The van der Waals surface area contributed by atoms with Crippen molar-refractivity contribution in [1.82, 2.24) is 4.98 Å². The van der Waals surface area contributed by atoms with Crippen molar-refractivity contribution in [2.75, 3.05) is 7.11 Å². The van der Waals surface area contributed by atoms with Gasteiger partial charge in [0.05, 0.1) is 12.7 Å². The fourth-order valence-electron chi connectivity index (χ4n) is 1.71. The average molecular weight is 212 g/mol. The van der Waals surface area contributed by atoms with Gasteiger partial charge in [-0.15, -0.1) is 0 Å². The van der Waals surface area contributed by atoms with E-state index in [1.54, 1.807) is 13.3 Å². The molecule has 3 heteroatoms. The van der Waals surface area contributed by atoms with Crippen molar-refractivity contribution in [3.8, 4) is 22.9 Å². The summed E-state index contributed by atoms with van der Waals surface area (Å²) in [5.74, 6) is 0.779. The first-order valence-electron chi connectivity index (χ1n) is 4.98. The van der Waals surface area contributed by atoms with Crippen LogP contribution in [0.25, 0.3) is 11.1 Å². The molecule has 0 saturated carbocycles. The highest BCUT2D eigenvalue weighted by Crippen LogP contribution is 2.32. The summed E-state index contributed by atoms with van der Waals surface area (Å²) >= 11 is 0. The van der Waals surface area contributed by atoms with Gasteiger partial charge in [0.2, 0.25) is 0 Å². The van der Waals surface area contributed by atoms with Gasteiger partial charge in [0, 0.05) is 23.5 Å². The van der Waals surface area contributed by atoms with Gasteiger partial charge in [-0.3, -0.25) is 0 Å². The maximum absolute atomic E-state index is 8.99. The number of methoxy groups -OCH3 is 1. The molecule has 0 aliphatic heterocycles. The third-order valence-electron chi connectivity index (χ3n) is 2.51. The number of hydrogen-bond acceptors (Lipinski definition) is 2. The Kier molecular flexibility index (Phi) is 2.65. The van der Waals surface area contributed by atoms with Gasteiger partial charge in [0.15, 0.2) is 0 Å². The normalized spacial score (nSPS) is 9.81. The summed E-state index contributed by atoms with van der Waals surface area (Å²) in [7, 11) is 1.63. The lowest BCUT2D eigenvalue weighted by atomic mass is 10.0. The SMILES string of the molecule is COc1ccc(C)cc1-c1c[nH]cc1C#N. The third kappa shape index (κ3) is 1.66. The van der Waals surface area contributed by atoms with Crippen molar-refractivity contribution in [3.63, 3.8) is 0 Å². The standard InChI is InChI=1S/C13H12N2O/c1-9-3-4-13(16-2)11(5-9)12-8-15-7-10(12)6-14/h3-5,7-8,15H,1-2H3. The molecule has 2 aromatic rings. The van der Waals surface area contributed by atoms with Gasteiger partial charge in [-0.1, -0.05) is 11.6 Å². The number of aryl methyl sites for hydroxylation is 1. The maximum atomic E-state index is 8.99. The van der Waals surface area contributed by atoms with Crippen LogP contribution in [-0.2, 0) is 0 Å². The molecule has 2 rings (SSSR count). The van der Waals surface area contributed by atoms with Crippen LogP contribution >= 0.6 is 0 Å². The summed E-state index contributed by atoms with van der Waals surface area (Å²) in [6.07, 6.45) is 3.51. The molecule has 0 spiro atoms. The number of H-pyrrole nitrogens is 1. The number of nitrogens with one attached hydrogen (secondary N) is 1. The molecule has 1 aromatic carbocycles. The first-order valence-corrected chi connectivity index (χ1v) is 4.98. The lowest BCUT2D eigenvalue weighted by Gasteiger charge is -2.08. The van der Waals surface area contributed by atoms with Crippen LogP contribution in [0.4, 0.5) is 0 Å². The summed E-state index contributed by atoms with van der Waals surface area (Å²) in [6.45, 7) is 2.02. The average Bonchev–Trinajstić information content (AvgIpc) is 2.76. The molecule has 1 aromatic heterocycles. The Hall–Kier alpha value is -2.21. The second-order valence-corrected chi connectivity index (χ2v) is 3.60. The molecule has 0 saturated heterocycles. The molecular formula is C13H12N2O.